The number of nitrogens with zero attached hydrogens (tertiary/aromatic N) is 1. The van der Waals surface area contributed by atoms with E-state index in [-0.39, 0.29) is 11.8 Å². The molecule has 8 nitrogen and oxygen atoms in total. The quantitative estimate of drug-likeness (QED) is 0.120. The highest BCUT2D eigenvalue weighted by Crippen LogP contribution is 2.41. The lowest BCUT2D eigenvalue weighted by atomic mass is 9.96. The van der Waals surface area contributed by atoms with Gasteiger partial charge in [0.25, 0.3) is 0 Å². The molecule has 1 atom stereocenters. The molecule has 4 rings (SSSR count). The Morgan fingerprint density at radius 2 is 1.71 bits per heavy atom. The smallest absolute Gasteiger partial charge is 0.347 e. The van der Waals surface area contributed by atoms with Gasteiger partial charge in [0.1, 0.15) is 23.0 Å². The highest BCUT2D eigenvalue weighted by Gasteiger charge is 2.30. The number of ether oxygens (including phenoxy) is 5. The van der Waals surface area contributed by atoms with Crippen LogP contribution in [-0.2, 0) is 28.8 Å². The lowest BCUT2D eigenvalue weighted by molar-refractivity contribution is -0.149. The Kier molecular flexibility index (Phi) is 10.6. The van der Waals surface area contributed by atoms with Crippen molar-refractivity contribution in [2.45, 2.75) is 64.4 Å². The van der Waals surface area contributed by atoms with E-state index in [1.165, 1.54) is 20.0 Å². The first-order valence-corrected chi connectivity index (χ1v) is 14.6. The fourth-order valence-electron chi connectivity index (χ4n) is 5.11. The highest BCUT2D eigenvalue weighted by molar-refractivity contribution is 6.07. The minimum absolute atomic E-state index is 0.0950. The van der Waals surface area contributed by atoms with Crippen LogP contribution in [0.4, 0.5) is 0 Å². The van der Waals surface area contributed by atoms with Gasteiger partial charge in [-0.15, -0.1) is 0 Å². The third-order valence-corrected chi connectivity index (χ3v) is 7.40. The number of benzene rings is 2. The zero-order chi connectivity index (χ0) is 29.4. The number of carbonyl (C=O) groups excluding carboxylic acids is 2. The fourth-order valence-corrected chi connectivity index (χ4v) is 5.11. The normalized spacial score (nSPS) is 16.1. The number of methoxy groups -OCH3 is 2. The number of fused-ring (bicyclic) bond motifs is 1. The van der Waals surface area contributed by atoms with Gasteiger partial charge in [0.15, 0.2) is 11.9 Å². The predicted molar refractivity (Wildman–Crippen MR) is 157 cm³/mol. The number of hydrogen-bond acceptors (Lipinski definition) is 8. The Morgan fingerprint density at radius 3 is 2.34 bits per heavy atom. The van der Waals surface area contributed by atoms with Crippen LogP contribution in [0.5, 0.6) is 23.0 Å². The van der Waals surface area contributed by atoms with Crippen LogP contribution in [0.1, 0.15) is 66.1 Å². The summed E-state index contributed by atoms with van der Waals surface area (Å²) in [6.07, 6.45) is 9.68. The summed E-state index contributed by atoms with van der Waals surface area (Å²) >= 11 is 0. The lowest BCUT2D eigenvalue weighted by Gasteiger charge is -2.27. The molecule has 0 saturated heterocycles. The second-order valence-electron chi connectivity index (χ2n) is 10.9. The summed E-state index contributed by atoms with van der Waals surface area (Å²) in [4.78, 5) is 26.8. The predicted octanol–water partition coefficient (Wildman–Crippen LogP) is 5.57. The van der Waals surface area contributed by atoms with E-state index in [1.54, 1.807) is 25.5 Å². The zero-order valence-corrected chi connectivity index (χ0v) is 25.0. The Labute approximate surface area is 243 Å². The van der Waals surface area contributed by atoms with Crippen molar-refractivity contribution in [1.29, 1.82) is 0 Å². The Morgan fingerprint density at radius 1 is 1.00 bits per heavy atom. The van der Waals surface area contributed by atoms with Crippen molar-refractivity contribution in [2.75, 3.05) is 41.5 Å². The number of ketones is 1. The van der Waals surface area contributed by atoms with E-state index in [1.807, 2.05) is 37.2 Å². The van der Waals surface area contributed by atoms with Gasteiger partial charge in [0.05, 0.1) is 33.0 Å². The van der Waals surface area contributed by atoms with Crippen molar-refractivity contribution in [2.24, 2.45) is 5.92 Å². The van der Waals surface area contributed by atoms with Gasteiger partial charge in [-0.1, -0.05) is 19.4 Å². The van der Waals surface area contributed by atoms with Gasteiger partial charge in [-0.05, 0) is 68.2 Å². The Balaban J connectivity index is 1.41. The first kappa shape index (κ1) is 30.3. The van der Waals surface area contributed by atoms with E-state index < -0.39 is 6.10 Å². The van der Waals surface area contributed by atoms with E-state index in [2.05, 4.69) is 6.92 Å². The molecule has 1 fully saturated rings. The minimum atomic E-state index is -0.584. The molecule has 0 amide bonds. The topological polar surface area (TPSA) is 83.5 Å². The van der Waals surface area contributed by atoms with Gasteiger partial charge < -0.3 is 28.6 Å². The molecule has 2 aromatic carbocycles. The highest BCUT2D eigenvalue weighted by atomic mass is 16.6. The van der Waals surface area contributed by atoms with Crippen LogP contribution in [0.15, 0.2) is 36.5 Å². The monoisotopic (exact) mass is 565 g/mol. The summed E-state index contributed by atoms with van der Waals surface area (Å²) in [7, 11) is 6.76. The molecular formula is C33H43NO7. The minimum Gasteiger partial charge on any atom is -0.496 e. The SMILES string of the molecule is CCCc1c(OCCCOc2ccc(C(=O)/C=C\N(C)C)c(OC)c2CC2CC2)ccc2c1OC(C(=O)OC)CC2. The summed E-state index contributed by atoms with van der Waals surface area (Å²) in [6, 6.07) is 7.71. The maximum absolute atomic E-state index is 12.9. The summed E-state index contributed by atoms with van der Waals surface area (Å²) in [5.41, 5.74) is 3.60. The molecule has 0 N–H and O–H groups in total. The standard InChI is InChI=1S/C33H43NO7/c1-6-8-25-28(14-11-23-12-15-30(33(36)38-5)41-31(23)25)39-19-7-20-40-29-16-13-24(27(35)17-18-34(2)3)32(37-4)26(29)21-22-9-10-22/h11,13-14,16-18,22,30H,6-10,12,15,19-21H2,1-5H3/b18-17-. The van der Waals surface area contributed by atoms with Crippen LogP contribution in [-0.4, -0.2) is 64.3 Å². The second kappa shape index (κ2) is 14.3. The third kappa shape index (κ3) is 7.75. The Bertz CT molecular complexity index is 1250. The lowest BCUT2D eigenvalue weighted by Crippen LogP contribution is -2.32. The molecule has 0 spiro atoms. The van der Waals surface area contributed by atoms with Gasteiger partial charge in [0.2, 0.25) is 0 Å². The van der Waals surface area contributed by atoms with Crippen molar-refractivity contribution in [3.05, 3.63) is 58.8 Å². The van der Waals surface area contributed by atoms with Crippen LogP contribution in [0.25, 0.3) is 0 Å². The summed E-state index contributed by atoms with van der Waals surface area (Å²) < 4.78 is 29.2. The Hall–Kier alpha value is -3.68. The molecule has 222 valence electrons. The maximum Gasteiger partial charge on any atom is 0.347 e. The molecule has 1 aliphatic heterocycles. The van der Waals surface area contributed by atoms with E-state index in [9.17, 15) is 9.59 Å². The molecule has 0 aromatic heterocycles. The van der Waals surface area contributed by atoms with Crippen LogP contribution in [0, 0.1) is 5.92 Å². The second-order valence-corrected chi connectivity index (χ2v) is 10.9. The van der Waals surface area contributed by atoms with Gasteiger partial charge in [-0.25, -0.2) is 4.79 Å². The van der Waals surface area contributed by atoms with Crippen LogP contribution >= 0.6 is 0 Å². The number of aryl methyl sites for hydroxylation is 1. The largest absolute Gasteiger partial charge is 0.496 e. The van der Waals surface area contributed by atoms with E-state index >= 15 is 0 Å². The van der Waals surface area contributed by atoms with E-state index in [0.717, 1.165) is 59.6 Å². The summed E-state index contributed by atoms with van der Waals surface area (Å²) in [5, 5.41) is 0. The number of allylic oxidation sites excluding steroid dienone is 1. The summed E-state index contributed by atoms with van der Waals surface area (Å²) in [5.74, 6) is 3.05. The van der Waals surface area contributed by atoms with Gasteiger partial charge in [-0.2, -0.15) is 0 Å². The van der Waals surface area contributed by atoms with E-state index in [4.69, 9.17) is 23.7 Å². The first-order valence-electron chi connectivity index (χ1n) is 14.6. The molecule has 0 bridgehead atoms. The van der Waals surface area contributed by atoms with Crippen molar-refractivity contribution in [3.8, 4) is 23.0 Å². The average Bonchev–Trinajstić information content (AvgIpc) is 3.80. The van der Waals surface area contributed by atoms with Crippen molar-refractivity contribution >= 4 is 11.8 Å². The molecule has 1 aliphatic carbocycles. The van der Waals surface area contributed by atoms with Gasteiger partial charge >= 0.3 is 5.97 Å². The zero-order valence-electron chi connectivity index (χ0n) is 25.0. The molecule has 41 heavy (non-hydrogen) atoms. The molecular weight excluding hydrogens is 522 g/mol. The van der Waals surface area contributed by atoms with Crippen LogP contribution in [0.3, 0.4) is 0 Å². The van der Waals surface area contributed by atoms with Crippen molar-refractivity contribution in [3.63, 3.8) is 0 Å². The first-order chi connectivity index (χ1) is 19.9. The molecule has 1 heterocycles. The summed E-state index contributed by atoms with van der Waals surface area (Å²) in [6.45, 7) is 3.04. The molecule has 1 saturated carbocycles. The fraction of sp³-hybridized carbons (Fsp3) is 0.515. The average molecular weight is 566 g/mol. The van der Waals surface area contributed by atoms with Gasteiger partial charge in [-0.3, -0.25) is 4.79 Å². The van der Waals surface area contributed by atoms with Crippen molar-refractivity contribution < 1.29 is 33.3 Å². The maximum atomic E-state index is 12.9. The molecule has 2 aliphatic rings. The van der Waals surface area contributed by atoms with E-state index in [0.29, 0.717) is 43.3 Å². The molecule has 2 aromatic rings. The number of rotatable bonds is 15. The van der Waals surface area contributed by atoms with Crippen LogP contribution in [0.2, 0.25) is 0 Å². The van der Waals surface area contributed by atoms with Crippen molar-refractivity contribution in [1.82, 2.24) is 4.90 Å². The van der Waals surface area contributed by atoms with Gasteiger partial charge in [0, 0.05) is 43.9 Å². The van der Waals surface area contributed by atoms with Crippen LogP contribution < -0.4 is 18.9 Å². The number of hydrogen-bond donors (Lipinski definition) is 0. The number of esters is 1. The molecule has 1 unspecified atom stereocenters. The third-order valence-electron chi connectivity index (χ3n) is 7.40. The molecule has 8 heteroatoms. The number of carbonyl (C=O) groups is 2. The molecule has 0 radical (unpaired) electrons.